The summed E-state index contributed by atoms with van der Waals surface area (Å²) in [4.78, 5) is 11.2. The average molecular weight is 172 g/mol. The number of hydrogen-bond acceptors (Lipinski definition) is 4. The third-order valence-electron chi connectivity index (χ3n) is 2.58. The Balaban J connectivity index is 1.90. The normalized spacial score (nSPS) is 43.8. The van der Waals surface area contributed by atoms with Gasteiger partial charge in [-0.1, -0.05) is 0 Å². The van der Waals surface area contributed by atoms with Gasteiger partial charge in [0.1, 0.15) is 0 Å². The van der Waals surface area contributed by atoms with Crippen LogP contribution in [0.15, 0.2) is 0 Å². The molecule has 0 radical (unpaired) electrons. The first kappa shape index (κ1) is 8.01. The number of carbonyl (C=O) groups excluding carboxylic acids is 1. The Morgan fingerprint density at radius 3 is 3.00 bits per heavy atom. The van der Waals surface area contributed by atoms with Gasteiger partial charge in [0.15, 0.2) is 6.29 Å². The first-order valence-electron chi connectivity index (χ1n) is 4.22. The van der Waals surface area contributed by atoms with Gasteiger partial charge in [-0.05, 0) is 6.92 Å². The number of rotatable bonds is 2. The lowest BCUT2D eigenvalue weighted by molar-refractivity contribution is -0.150. The Morgan fingerprint density at radius 1 is 1.75 bits per heavy atom. The number of esters is 1. The van der Waals surface area contributed by atoms with Crippen molar-refractivity contribution in [2.75, 3.05) is 13.2 Å². The molecule has 1 unspecified atom stereocenters. The van der Waals surface area contributed by atoms with Crippen LogP contribution in [0.2, 0.25) is 0 Å². The van der Waals surface area contributed by atoms with Crippen molar-refractivity contribution in [2.24, 2.45) is 17.8 Å². The van der Waals surface area contributed by atoms with Gasteiger partial charge in [0.05, 0.1) is 19.1 Å². The fraction of sp³-hybridized carbons (Fsp3) is 0.875. The molecule has 0 aromatic heterocycles. The van der Waals surface area contributed by atoms with Crippen molar-refractivity contribution in [1.82, 2.24) is 0 Å². The minimum Gasteiger partial charge on any atom is -0.466 e. The standard InChI is InChI=1S/C8H12O4/c1-2-11-7(9)5-4-3-12-8(10)6(4)5/h4-6,8,10H,2-3H2,1H3/t4-,5-,6-,8?/m1/s1. The van der Waals surface area contributed by atoms with Crippen LogP contribution in [-0.4, -0.2) is 30.6 Å². The minimum absolute atomic E-state index is 0.00375. The molecule has 4 heteroatoms. The van der Waals surface area contributed by atoms with Gasteiger partial charge in [-0.15, -0.1) is 0 Å². The SMILES string of the molecule is CCOC(=O)[C@@H]1[C@H]2COC(O)[C@H]21. The van der Waals surface area contributed by atoms with E-state index in [4.69, 9.17) is 9.47 Å². The predicted octanol–water partition coefficient (Wildman–Crippen LogP) is -0.240. The molecule has 0 aromatic carbocycles. The molecule has 4 nitrogen and oxygen atoms in total. The quantitative estimate of drug-likeness (QED) is 0.584. The van der Waals surface area contributed by atoms with Crippen LogP contribution in [0.5, 0.6) is 0 Å². The molecule has 2 fully saturated rings. The maximum atomic E-state index is 11.2. The second-order valence-electron chi connectivity index (χ2n) is 3.24. The minimum atomic E-state index is -0.746. The van der Waals surface area contributed by atoms with Crippen LogP contribution in [0.25, 0.3) is 0 Å². The van der Waals surface area contributed by atoms with Crippen LogP contribution >= 0.6 is 0 Å². The molecule has 2 rings (SSSR count). The smallest absolute Gasteiger partial charge is 0.309 e. The van der Waals surface area contributed by atoms with Gasteiger partial charge in [-0.25, -0.2) is 0 Å². The fourth-order valence-electron chi connectivity index (χ4n) is 1.90. The molecule has 0 amide bonds. The largest absolute Gasteiger partial charge is 0.466 e. The molecule has 0 spiro atoms. The maximum Gasteiger partial charge on any atom is 0.309 e. The monoisotopic (exact) mass is 172 g/mol. The molecule has 0 bridgehead atoms. The second-order valence-corrected chi connectivity index (χ2v) is 3.24. The number of aliphatic hydroxyl groups is 1. The predicted molar refractivity (Wildman–Crippen MR) is 39.1 cm³/mol. The van der Waals surface area contributed by atoms with E-state index in [1.165, 1.54) is 0 Å². The summed E-state index contributed by atoms with van der Waals surface area (Å²) in [5.41, 5.74) is 0. The summed E-state index contributed by atoms with van der Waals surface area (Å²) in [6.45, 7) is 2.68. The highest BCUT2D eigenvalue weighted by Crippen LogP contribution is 2.53. The van der Waals surface area contributed by atoms with Crippen LogP contribution in [0.4, 0.5) is 0 Å². The maximum absolute atomic E-state index is 11.2. The Labute approximate surface area is 70.5 Å². The highest BCUT2D eigenvalue weighted by molar-refractivity contribution is 5.76. The van der Waals surface area contributed by atoms with Crippen LogP contribution in [0.1, 0.15) is 6.92 Å². The molecule has 68 valence electrons. The fourth-order valence-corrected chi connectivity index (χ4v) is 1.90. The van der Waals surface area contributed by atoms with E-state index in [0.29, 0.717) is 13.2 Å². The zero-order chi connectivity index (χ0) is 8.72. The molecule has 1 aliphatic carbocycles. The number of aliphatic hydroxyl groups excluding tert-OH is 1. The van der Waals surface area contributed by atoms with Crippen molar-refractivity contribution in [3.05, 3.63) is 0 Å². The zero-order valence-electron chi connectivity index (χ0n) is 6.90. The van der Waals surface area contributed by atoms with E-state index in [0.717, 1.165) is 0 Å². The van der Waals surface area contributed by atoms with E-state index in [-0.39, 0.29) is 23.7 Å². The Kier molecular flexibility index (Phi) is 1.81. The van der Waals surface area contributed by atoms with Gasteiger partial charge in [0, 0.05) is 11.8 Å². The topological polar surface area (TPSA) is 55.8 Å². The molecule has 12 heavy (non-hydrogen) atoms. The molecule has 1 aliphatic heterocycles. The molecule has 1 heterocycles. The number of hydrogen-bond donors (Lipinski definition) is 1. The van der Waals surface area contributed by atoms with E-state index in [9.17, 15) is 9.90 Å². The summed E-state index contributed by atoms with van der Waals surface area (Å²) < 4.78 is 9.77. The second kappa shape index (κ2) is 2.71. The Morgan fingerprint density at radius 2 is 2.50 bits per heavy atom. The molecule has 0 aromatic rings. The lowest BCUT2D eigenvalue weighted by atomic mass is 10.3. The molecule has 1 saturated carbocycles. The highest BCUT2D eigenvalue weighted by Gasteiger charge is 2.63. The first-order chi connectivity index (χ1) is 5.75. The highest BCUT2D eigenvalue weighted by atomic mass is 16.6. The van der Waals surface area contributed by atoms with E-state index >= 15 is 0 Å². The number of fused-ring (bicyclic) bond motifs is 1. The summed E-state index contributed by atoms with van der Waals surface area (Å²) in [5, 5.41) is 9.20. The Hall–Kier alpha value is -0.610. The van der Waals surface area contributed by atoms with Crippen molar-refractivity contribution in [3.63, 3.8) is 0 Å². The third kappa shape index (κ3) is 1.03. The summed E-state index contributed by atoms with van der Waals surface area (Å²) >= 11 is 0. The van der Waals surface area contributed by atoms with Crippen LogP contribution in [0.3, 0.4) is 0 Å². The van der Waals surface area contributed by atoms with Crippen molar-refractivity contribution >= 4 is 5.97 Å². The van der Waals surface area contributed by atoms with Gasteiger partial charge < -0.3 is 14.6 Å². The van der Waals surface area contributed by atoms with Crippen molar-refractivity contribution < 1.29 is 19.4 Å². The van der Waals surface area contributed by atoms with Crippen LogP contribution in [-0.2, 0) is 14.3 Å². The van der Waals surface area contributed by atoms with Crippen LogP contribution < -0.4 is 0 Å². The molecule has 1 saturated heterocycles. The summed E-state index contributed by atoms with van der Waals surface area (Å²) in [6, 6.07) is 0. The lowest BCUT2D eigenvalue weighted by Crippen LogP contribution is -2.18. The van der Waals surface area contributed by atoms with Crippen LogP contribution in [0, 0.1) is 17.8 Å². The summed E-state index contributed by atoms with van der Waals surface area (Å²) in [6.07, 6.45) is -0.746. The van der Waals surface area contributed by atoms with Gasteiger partial charge in [0.25, 0.3) is 0 Å². The lowest BCUT2D eigenvalue weighted by Gasteiger charge is -2.07. The van der Waals surface area contributed by atoms with E-state index in [2.05, 4.69) is 0 Å². The van der Waals surface area contributed by atoms with Gasteiger partial charge >= 0.3 is 5.97 Å². The Bertz CT molecular complexity index is 203. The number of ether oxygens (including phenoxy) is 2. The van der Waals surface area contributed by atoms with Gasteiger partial charge in [-0.3, -0.25) is 4.79 Å². The molecular formula is C8H12O4. The number of carbonyl (C=O) groups is 1. The van der Waals surface area contributed by atoms with Gasteiger partial charge in [0.2, 0.25) is 0 Å². The molecule has 1 N–H and O–H groups in total. The first-order valence-corrected chi connectivity index (χ1v) is 4.22. The van der Waals surface area contributed by atoms with Crippen molar-refractivity contribution in [1.29, 1.82) is 0 Å². The van der Waals surface area contributed by atoms with Gasteiger partial charge in [-0.2, -0.15) is 0 Å². The van der Waals surface area contributed by atoms with Crippen molar-refractivity contribution in [3.8, 4) is 0 Å². The van der Waals surface area contributed by atoms with E-state index in [1.807, 2.05) is 0 Å². The zero-order valence-corrected chi connectivity index (χ0v) is 6.90. The van der Waals surface area contributed by atoms with Crippen molar-refractivity contribution in [2.45, 2.75) is 13.2 Å². The summed E-state index contributed by atoms with van der Waals surface area (Å²) in [5.74, 6) is -0.0772. The van der Waals surface area contributed by atoms with E-state index in [1.54, 1.807) is 6.92 Å². The molecular weight excluding hydrogens is 160 g/mol. The third-order valence-corrected chi connectivity index (χ3v) is 2.58. The molecule has 4 atom stereocenters. The average Bonchev–Trinajstić information content (AvgIpc) is 2.65. The molecule has 2 aliphatic rings. The van der Waals surface area contributed by atoms with E-state index < -0.39 is 6.29 Å². The summed E-state index contributed by atoms with van der Waals surface area (Å²) in [7, 11) is 0.